The summed E-state index contributed by atoms with van der Waals surface area (Å²) in [6.07, 6.45) is 0.00241. The van der Waals surface area contributed by atoms with Crippen LogP contribution in [0.25, 0.3) is 5.78 Å². The van der Waals surface area contributed by atoms with E-state index < -0.39 is 29.9 Å². The molecule has 0 unspecified atom stereocenters. The number of hydrogen-bond donors (Lipinski definition) is 1. The molecule has 1 fully saturated rings. The number of halogens is 4. The lowest BCUT2D eigenvalue weighted by Crippen LogP contribution is -2.34. The average molecular weight is 461 g/mol. The lowest BCUT2D eigenvalue weighted by atomic mass is 9.97. The van der Waals surface area contributed by atoms with Crippen molar-refractivity contribution in [2.45, 2.75) is 52.0 Å². The molecule has 1 aliphatic heterocycles. The molecule has 0 radical (unpaired) electrons. The van der Waals surface area contributed by atoms with Gasteiger partial charge in [0.25, 0.3) is 0 Å². The van der Waals surface area contributed by atoms with Crippen molar-refractivity contribution in [2.24, 2.45) is 5.41 Å². The van der Waals surface area contributed by atoms with E-state index in [0.29, 0.717) is 36.5 Å². The third-order valence-corrected chi connectivity index (χ3v) is 6.80. The zero-order valence-corrected chi connectivity index (χ0v) is 18.2. The summed E-state index contributed by atoms with van der Waals surface area (Å²) in [6.45, 7) is 3.11. The van der Waals surface area contributed by atoms with Gasteiger partial charge in [-0.15, -0.1) is 0 Å². The molecule has 6 nitrogen and oxygen atoms in total. The Morgan fingerprint density at radius 1 is 1.27 bits per heavy atom. The van der Waals surface area contributed by atoms with E-state index >= 15 is 0 Å². The van der Waals surface area contributed by atoms with Gasteiger partial charge in [0.2, 0.25) is 11.7 Å². The van der Waals surface area contributed by atoms with Gasteiger partial charge in [-0.2, -0.15) is 18.2 Å². The molecule has 1 aromatic carbocycles. The monoisotopic (exact) mass is 461 g/mol. The second-order valence-electron chi connectivity index (χ2n) is 8.94. The number of anilines is 1. The third kappa shape index (κ3) is 3.52. The molecule has 33 heavy (non-hydrogen) atoms. The summed E-state index contributed by atoms with van der Waals surface area (Å²) in [5.41, 5.74) is 0.659. The normalized spacial score (nSPS) is 17.8. The van der Waals surface area contributed by atoms with Crippen molar-refractivity contribution in [1.29, 1.82) is 0 Å². The fourth-order valence-electron chi connectivity index (χ4n) is 4.67. The topological polar surface area (TPSA) is 62.5 Å². The zero-order chi connectivity index (χ0) is 23.5. The molecule has 0 saturated heterocycles. The van der Waals surface area contributed by atoms with Gasteiger partial charge in [0.15, 0.2) is 0 Å². The molecule has 5 rings (SSSR count). The zero-order valence-electron chi connectivity index (χ0n) is 18.2. The van der Waals surface area contributed by atoms with E-state index in [2.05, 4.69) is 15.3 Å². The number of fused-ring (bicyclic) bond motifs is 3. The highest BCUT2D eigenvalue weighted by atomic mass is 19.4. The predicted molar refractivity (Wildman–Crippen MR) is 113 cm³/mol. The first-order chi connectivity index (χ1) is 15.6. The Labute approximate surface area is 187 Å². The van der Waals surface area contributed by atoms with Gasteiger partial charge in [0, 0.05) is 18.0 Å². The standard InChI is InChI=1S/C23H23F4N5O/c1-13-15(4-3-5-17(13)23(25,26)27)14(2)29-19-16-10-31(20(33)22(12-24)6-7-22)11-18(16)32-9-8-28-21(32)30-19/h3-5,8-9,14H,6-7,10-12H2,1-2H3,(H,28,29,30)/t14-/m1/s1. The number of carbonyl (C=O) groups excluding carboxylic acids is 1. The fraction of sp³-hybridized carbons (Fsp3) is 0.435. The van der Waals surface area contributed by atoms with E-state index in [1.54, 1.807) is 34.7 Å². The number of rotatable bonds is 5. The van der Waals surface area contributed by atoms with E-state index in [-0.39, 0.29) is 18.0 Å². The highest BCUT2D eigenvalue weighted by molar-refractivity contribution is 5.86. The highest BCUT2D eigenvalue weighted by Crippen LogP contribution is 2.49. The van der Waals surface area contributed by atoms with E-state index in [9.17, 15) is 22.4 Å². The summed E-state index contributed by atoms with van der Waals surface area (Å²) in [5, 5.41) is 3.24. The molecule has 0 bridgehead atoms. The lowest BCUT2D eigenvalue weighted by molar-refractivity contribution is -0.139. The molecule has 1 aliphatic carbocycles. The predicted octanol–water partition coefficient (Wildman–Crippen LogP) is 4.82. The number of carbonyl (C=O) groups is 1. The van der Waals surface area contributed by atoms with Crippen molar-refractivity contribution < 1.29 is 22.4 Å². The number of hydrogen-bond acceptors (Lipinski definition) is 4. The first-order valence-corrected chi connectivity index (χ1v) is 10.8. The van der Waals surface area contributed by atoms with E-state index in [0.717, 1.165) is 17.3 Å². The second kappa shape index (κ2) is 7.43. The van der Waals surface area contributed by atoms with Crippen LogP contribution in [0.15, 0.2) is 30.6 Å². The van der Waals surface area contributed by atoms with Gasteiger partial charge in [-0.3, -0.25) is 9.20 Å². The first-order valence-electron chi connectivity index (χ1n) is 10.8. The average Bonchev–Trinajstić information content (AvgIpc) is 3.20. The van der Waals surface area contributed by atoms with Crippen molar-refractivity contribution in [3.63, 3.8) is 0 Å². The van der Waals surface area contributed by atoms with Gasteiger partial charge in [0.05, 0.1) is 35.8 Å². The number of nitrogens with zero attached hydrogens (tertiary/aromatic N) is 4. The van der Waals surface area contributed by atoms with Crippen molar-refractivity contribution in [3.8, 4) is 0 Å². The van der Waals surface area contributed by atoms with Crippen molar-refractivity contribution in [2.75, 3.05) is 12.0 Å². The van der Waals surface area contributed by atoms with Crippen LogP contribution in [0.3, 0.4) is 0 Å². The SMILES string of the molecule is Cc1c([C@@H](C)Nc2nc3nccn3c3c2CN(C(=O)C2(CF)CC2)C3)cccc1C(F)(F)F. The van der Waals surface area contributed by atoms with Crippen LogP contribution in [-0.2, 0) is 24.1 Å². The minimum atomic E-state index is -4.44. The van der Waals surface area contributed by atoms with Gasteiger partial charge in [-0.05, 0) is 43.9 Å². The van der Waals surface area contributed by atoms with Crippen LogP contribution in [0.2, 0.25) is 0 Å². The minimum absolute atomic E-state index is 0.152. The summed E-state index contributed by atoms with van der Waals surface area (Å²) in [6, 6.07) is 3.64. The largest absolute Gasteiger partial charge is 0.416 e. The van der Waals surface area contributed by atoms with Crippen LogP contribution in [0.5, 0.6) is 0 Å². The lowest BCUT2D eigenvalue weighted by Gasteiger charge is -2.22. The summed E-state index contributed by atoms with van der Waals surface area (Å²) in [4.78, 5) is 23.4. The molecule has 0 spiro atoms. The maximum absolute atomic E-state index is 13.5. The van der Waals surface area contributed by atoms with Crippen molar-refractivity contribution >= 4 is 17.5 Å². The van der Waals surface area contributed by atoms with Crippen LogP contribution >= 0.6 is 0 Å². The highest BCUT2D eigenvalue weighted by Gasteiger charge is 2.53. The molecule has 3 aromatic rings. The first kappa shape index (κ1) is 21.7. The third-order valence-electron chi connectivity index (χ3n) is 6.80. The maximum atomic E-state index is 13.5. The molecule has 1 amide bonds. The number of nitrogens with one attached hydrogen (secondary N) is 1. The fourth-order valence-corrected chi connectivity index (χ4v) is 4.67. The Morgan fingerprint density at radius 3 is 2.70 bits per heavy atom. The van der Waals surface area contributed by atoms with E-state index in [4.69, 9.17) is 0 Å². The molecule has 10 heteroatoms. The molecular weight excluding hydrogens is 438 g/mol. The van der Waals surface area contributed by atoms with E-state index in [1.807, 2.05) is 0 Å². The number of amides is 1. The Kier molecular flexibility index (Phi) is 4.88. The quantitative estimate of drug-likeness (QED) is 0.554. The van der Waals surface area contributed by atoms with Gasteiger partial charge in [-0.25, -0.2) is 9.37 Å². The van der Waals surface area contributed by atoms with Crippen molar-refractivity contribution in [3.05, 3.63) is 58.5 Å². The summed E-state index contributed by atoms with van der Waals surface area (Å²) in [5.74, 6) is 0.681. The minimum Gasteiger partial charge on any atom is -0.363 e. The molecule has 2 aliphatic rings. The van der Waals surface area contributed by atoms with Crippen LogP contribution < -0.4 is 5.32 Å². The molecule has 1 atom stereocenters. The molecule has 1 saturated carbocycles. The summed E-state index contributed by atoms with van der Waals surface area (Å²) in [7, 11) is 0. The van der Waals surface area contributed by atoms with Gasteiger partial charge in [0.1, 0.15) is 12.5 Å². The molecule has 2 aromatic heterocycles. The summed E-state index contributed by atoms with van der Waals surface area (Å²) >= 11 is 0. The molecule has 3 heterocycles. The smallest absolute Gasteiger partial charge is 0.363 e. The van der Waals surface area contributed by atoms with Gasteiger partial charge in [-0.1, -0.05) is 12.1 Å². The second-order valence-corrected chi connectivity index (χ2v) is 8.94. The van der Waals surface area contributed by atoms with Crippen LogP contribution in [0.4, 0.5) is 23.4 Å². The number of imidazole rings is 1. The number of benzene rings is 1. The van der Waals surface area contributed by atoms with Gasteiger partial charge < -0.3 is 10.2 Å². The van der Waals surface area contributed by atoms with Crippen LogP contribution in [-0.4, -0.2) is 31.9 Å². The molecule has 174 valence electrons. The molecular formula is C23H23F4N5O. The Bertz CT molecular complexity index is 1250. The Hall–Kier alpha value is -3.17. The molecule has 1 N–H and O–H groups in total. The van der Waals surface area contributed by atoms with Crippen LogP contribution in [0.1, 0.15) is 53.8 Å². The van der Waals surface area contributed by atoms with Crippen molar-refractivity contribution in [1.82, 2.24) is 19.3 Å². The maximum Gasteiger partial charge on any atom is 0.416 e. The Balaban J connectivity index is 1.49. The van der Waals surface area contributed by atoms with Gasteiger partial charge >= 0.3 is 6.18 Å². The number of aromatic nitrogens is 3. The summed E-state index contributed by atoms with van der Waals surface area (Å²) < 4.78 is 55.4. The van der Waals surface area contributed by atoms with E-state index in [1.165, 1.54) is 13.0 Å². The number of alkyl halides is 4. The Morgan fingerprint density at radius 2 is 2.03 bits per heavy atom. The van der Waals surface area contributed by atoms with Crippen LogP contribution in [0, 0.1) is 12.3 Å².